The normalized spacial score (nSPS) is 21.2. The number of benzene rings is 1. The molecule has 1 heterocycles. The van der Waals surface area contributed by atoms with Crippen LogP contribution in [0.1, 0.15) is 53.0 Å². The molecule has 7 nitrogen and oxygen atoms in total. The second-order valence-electron chi connectivity index (χ2n) is 8.58. The van der Waals surface area contributed by atoms with Crippen molar-refractivity contribution in [3.05, 3.63) is 29.8 Å². The smallest absolute Gasteiger partial charge is 0.336 e. The third-order valence-electron chi connectivity index (χ3n) is 4.92. The van der Waals surface area contributed by atoms with E-state index in [2.05, 4.69) is 0 Å². The van der Waals surface area contributed by atoms with Gasteiger partial charge in [0.05, 0.1) is 18.1 Å². The first kappa shape index (κ1) is 22.8. The maximum absolute atomic E-state index is 12.7. The number of nitrogens with zero attached hydrogens (tertiary/aromatic N) is 1. The third-order valence-corrected chi connectivity index (χ3v) is 6.30. The number of carbonyl (C=O) groups is 1. The summed E-state index contributed by atoms with van der Waals surface area (Å²) in [7, 11) is -2.55. The number of piperidine rings is 1. The summed E-state index contributed by atoms with van der Waals surface area (Å²) in [4.78, 5) is 17.8. The van der Waals surface area contributed by atoms with Crippen molar-refractivity contribution >= 4 is 16.1 Å². The molecule has 0 aromatic heterocycles. The zero-order valence-corrected chi connectivity index (χ0v) is 18.5. The Morgan fingerprint density at radius 1 is 1.11 bits per heavy atom. The molecule has 8 heteroatoms. The highest BCUT2D eigenvalue weighted by atomic mass is 32.2. The lowest BCUT2D eigenvalue weighted by Gasteiger charge is -2.53. The number of ether oxygens (including phenoxy) is 1. The minimum atomic E-state index is -3.87. The summed E-state index contributed by atoms with van der Waals surface area (Å²) in [6, 6.07) is 6.60. The van der Waals surface area contributed by atoms with Crippen LogP contribution in [-0.2, 0) is 28.7 Å². The predicted molar refractivity (Wildman–Crippen MR) is 105 cm³/mol. The maximum Gasteiger partial charge on any atom is 0.336 e. The number of methoxy groups -OCH3 is 1. The van der Waals surface area contributed by atoms with E-state index in [-0.39, 0.29) is 4.90 Å². The Balaban J connectivity index is 2.19. The molecule has 1 aromatic rings. The first-order valence-electron chi connectivity index (χ1n) is 9.33. The van der Waals surface area contributed by atoms with Crippen LogP contribution in [0, 0.1) is 6.92 Å². The highest BCUT2D eigenvalue weighted by molar-refractivity contribution is 7.86. The Morgan fingerprint density at radius 3 is 2.07 bits per heavy atom. The number of hydroxylamine groups is 2. The van der Waals surface area contributed by atoms with Gasteiger partial charge in [0.2, 0.25) is 0 Å². The van der Waals surface area contributed by atoms with Gasteiger partial charge in [0.15, 0.2) is 6.10 Å². The Labute approximate surface area is 168 Å². The van der Waals surface area contributed by atoms with Crippen molar-refractivity contribution in [2.24, 2.45) is 0 Å². The van der Waals surface area contributed by atoms with E-state index in [0.717, 1.165) is 5.56 Å². The second kappa shape index (κ2) is 8.10. The van der Waals surface area contributed by atoms with Gasteiger partial charge in [-0.05, 0) is 66.5 Å². The molecule has 158 valence electrons. The molecule has 1 atom stereocenters. The summed E-state index contributed by atoms with van der Waals surface area (Å²) < 4.78 is 35.7. The third kappa shape index (κ3) is 5.11. The summed E-state index contributed by atoms with van der Waals surface area (Å²) in [5.41, 5.74) is -0.138. The molecule has 0 saturated carbocycles. The molecular weight excluding hydrogens is 383 g/mol. The van der Waals surface area contributed by atoms with Crippen molar-refractivity contribution in [1.29, 1.82) is 0 Å². The second-order valence-corrected chi connectivity index (χ2v) is 10.2. The van der Waals surface area contributed by atoms with Gasteiger partial charge in [0.25, 0.3) is 10.1 Å². The van der Waals surface area contributed by atoms with Crippen LogP contribution in [0.3, 0.4) is 0 Å². The van der Waals surface area contributed by atoms with E-state index in [9.17, 15) is 13.2 Å². The zero-order chi connectivity index (χ0) is 21.3. The van der Waals surface area contributed by atoms with E-state index in [1.54, 1.807) is 36.3 Å². The Morgan fingerprint density at radius 2 is 1.61 bits per heavy atom. The summed E-state index contributed by atoms with van der Waals surface area (Å²) in [6.45, 7) is 11.3. The zero-order valence-electron chi connectivity index (χ0n) is 17.7. The van der Waals surface area contributed by atoms with Gasteiger partial charge in [-0.2, -0.15) is 13.5 Å². The summed E-state index contributed by atoms with van der Waals surface area (Å²) in [5, 5.41) is 1.76. The standard InChI is InChI=1S/C20H31NO6S/c1-14-8-10-17(11-9-14)28(23,24)27-16-12-19(3,4)21(20(5,6)13-16)26-15(2)18(22)25-7/h8-11,15-16H,12-13H2,1-7H3/i21+1. The van der Waals surface area contributed by atoms with Crippen molar-refractivity contribution in [2.45, 2.75) is 82.6 Å². The quantitative estimate of drug-likeness (QED) is 0.401. The molecule has 1 fully saturated rings. The molecule has 1 aliphatic rings. The van der Waals surface area contributed by atoms with E-state index in [0.29, 0.717) is 12.8 Å². The average Bonchev–Trinajstić information content (AvgIpc) is 2.56. The summed E-state index contributed by atoms with van der Waals surface area (Å²) in [6.07, 6.45) is -0.424. The Bertz CT molecular complexity index is 782. The monoisotopic (exact) mass is 414 g/mol. The fourth-order valence-electron chi connectivity index (χ4n) is 3.83. The SMILES string of the molecule is COC(=O)C(C)O[15N]1C(C)(C)CC(OS(=O)(=O)c2ccc(C)cc2)CC1(C)C. The average molecular weight is 415 g/mol. The highest BCUT2D eigenvalue weighted by Gasteiger charge is 2.49. The lowest BCUT2D eigenvalue weighted by molar-refractivity contribution is -0.307. The van der Waals surface area contributed by atoms with Crippen LogP contribution < -0.4 is 0 Å². The molecular formula is C20H31NO6S. The van der Waals surface area contributed by atoms with Crippen LogP contribution >= 0.6 is 0 Å². The van der Waals surface area contributed by atoms with E-state index < -0.39 is 39.4 Å². The van der Waals surface area contributed by atoms with Crippen molar-refractivity contribution in [3.63, 3.8) is 0 Å². The van der Waals surface area contributed by atoms with E-state index >= 15 is 0 Å². The number of rotatable bonds is 6. The van der Waals surface area contributed by atoms with E-state index in [1.165, 1.54) is 7.11 Å². The number of hydrogen-bond acceptors (Lipinski definition) is 7. The predicted octanol–water partition coefficient (Wildman–Crippen LogP) is 3.22. The number of carbonyl (C=O) groups excluding carboxylic acids is 1. The van der Waals surface area contributed by atoms with Gasteiger partial charge in [0.1, 0.15) is 0 Å². The molecule has 0 N–H and O–H groups in total. The first-order valence-corrected chi connectivity index (χ1v) is 10.7. The molecule has 2 rings (SSSR count). The van der Waals surface area contributed by atoms with Gasteiger partial charge >= 0.3 is 5.97 Å². The first-order chi connectivity index (χ1) is 12.8. The van der Waals surface area contributed by atoms with Crippen LogP contribution in [-0.4, -0.2) is 49.8 Å². The van der Waals surface area contributed by atoms with Gasteiger partial charge in [-0.1, -0.05) is 17.7 Å². The van der Waals surface area contributed by atoms with Gasteiger partial charge in [0, 0.05) is 11.1 Å². The molecule has 1 saturated heterocycles. The van der Waals surface area contributed by atoms with Crippen molar-refractivity contribution < 1.29 is 27.0 Å². The van der Waals surface area contributed by atoms with Crippen LogP contribution in [0.2, 0.25) is 0 Å². The molecule has 1 aromatic carbocycles. The number of aryl methyl sites for hydroxylation is 1. The molecule has 0 radical (unpaired) electrons. The van der Waals surface area contributed by atoms with Crippen molar-refractivity contribution in [2.75, 3.05) is 7.11 Å². The van der Waals surface area contributed by atoms with Crippen molar-refractivity contribution in [3.8, 4) is 0 Å². The minimum Gasteiger partial charge on any atom is -0.467 e. The summed E-state index contributed by atoms with van der Waals surface area (Å²) in [5.74, 6) is -0.466. The highest BCUT2D eigenvalue weighted by Crippen LogP contribution is 2.41. The van der Waals surface area contributed by atoms with Gasteiger partial charge in [-0.15, -0.1) is 0 Å². The molecule has 0 spiro atoms. The number of esters is 1. The molecule has 0 amide bonds. The lowest BCUT2D eigenvalue weighted by atomic mass is 9.84. The van der Waals surface area contributed by atoms with Crippen LogP contribution in [0.5, 0.6) is 0 Å². The Kier molecular flexibility index (Phi) is 6.60. The fraction of sp³-hybridized carbons (Fsp3) is 0.650. The number of hydrogen-bond donors (Lipinski definition) is 0. The van der Waals surface area contributed by atoms with Gasteiger partial charge in [-0.3, -0.25) is 9.02 Å². The topological polar surface area (TPSA) is 82.1 Å². The van der Waals surface area contributed by atoms with E-state index in [4.69, 9.17) is 13.8 Å². The Hall–Kier alpha value is -1.48. The minimum absolute atomic E-state index is 0.145. The van der Waals surface area contributed by atoms with Gasteiger partial charge in [-0.25, -0.2) is 4.79 Å². The lowest BCUT2D eigenvalue weighted by Crippen LogP contribution is -2.63. The van der Waals surface area contributed by atoms with Gasteiger partial charge < -0.3 is 4.74 Å². The molecule has 1 unspecified atom stereocenters. The van der Waals surface area contributed by atoms with Crippen LogP contribution in [0.4, 0.5) is 0 Å². The maximum atomic E-state index is 12.7. The molecule has 0 aliphatic carbocycles. The summed E-state index contributed by atoms with van der Waals surface area (Å²) >= 11 is 0. The van der Waals surface area contributed by atoms with Crippen molar-refractivity contribution in [1.82, 2.24) is 5.06 Å². The molecule has 0 bridgehead atoms. The van der Waals surface area contributed by atoms with Crippen LogP contribution in [0.15, 0.2) is 29.2 Å². The molecule has 28 heavy (non-hydrogen) atoms. The van der Waals surface area contributed by atoms with Crippen LogP contribution in [0.25, 0.3) is 0 Å². The molecule has 1 aliphatic heterocycles. The fourth-order valence-corrected chi connectivity index (χ4v) is 4.91. The largest absolute Gasteiger partial charge is 0.467 e. The van der Waals surface area contributed by atoms with E-state index in [1.807, 2.05) is 34.6 Å².